The lowest BCUT2D eigenvalue weighted by molar-refractivity contribution is -0.0329. The van der Waals surface area contributed by atoms with E-state index in [-0.39, 0.29) is 17.5 Å². The zero-order valence-electron chi connectivity index (χ0n) is 10.5. The van der Waals surface area contributed by atoms with Crippen LogP contribution in [0.25, 0.3) is 0 Å². The molecule has 1 aliphatic carbocycles. The first-order chi connectivity index (χ1) is 8.94. The highest BCUT2D eigenvalue weighted by Crippen LogP contribution is 2.32. The molecule has 1 aromatic rings. The Bertz CT molecular complexity index is 401. The highest BCUT2D eigenvalue weighted by molar-refractivity contribution is 8.00. The van der Waals surface area contributed by atoms with Gasteiger partial charge in [0.05, 0.1) is 0 Å². The van der Waals surface area contributed by atoms with Crippen molar-refractivity contribution in [3.05, 3.63) is 29.8 Å². The summed E-state index contributed by atoms with van der Waals surface area (Å²) in [5.74, 6) is 0.0922. The van der Waals surface area contributed by atoms with Crippen molar-refractivity contribution in [1.29, 1.82) is 0 Å². The van der Waals surface area contributed by atoms with Crippen molar-refractivity contribution in [2.45, 2.75) is 30.9 Å². The molecule has 1 fully saturated rings. The van der Waals surface area contributed by atoms with Crippen LogP contribution in [0.4, 0.5) is 18.9 Å². The molecule has 2 nitrogen and oxygen atoms in total. The molecule has 1 saturated carbocycles. The minimum atomic E-state index is -4.13. The molecule has 1 aromatic carbocycles. The molecule has 0 bridgehead atoms. The van der Waals surface area contributed by atoms with Crippen LogP contribution in [-0.2, 0) is 6.54 Å². The molecule has 2 N–H and O–H groups in total. The molecule has 0 atom stereocenters. The lowest BCUT2D eigenvalue weighted by atomic mass is 10.2. The normalized spacial score (nSPS) is 16.0. The van der Waals surface area contributed by atoms with E-state index in [2.05, 4.69) is 4.90 Å². The first kappa shape index (κ1) is 14.5. The number of benzene rings is 1. The monoisotopic (exact) mass is 290 g/mol. The summed E-state index contributed by atoms with van der Waals surface area (Å²) in [6, 6.07) is 7.96. The van der Waals surface area contributed by atoms with E-state index in [1.807, 2.05) is 24.3 Å². The summed E-state index contributed by atoms with van der Waals surface area (Å²) >= 11 is 0.0584. The minimum Gasteiger partial charge on any atom is -0.399 e. The van der Waals surface area contributed by atoms with Gasteiger partial charge in [-0.3, -0.25) is 4.90 Å². The third-order valence-corrected chi connectivity index (χ3v) is 3.79. The third kappa shape index (κ3) is 5.32. The van der Waals surface area contributed by atoms with Gasteiger partial charge in [0.1, 0.15) is 0 Å². The molecule has 0 saturated heterocycles. The van der Waals surface area contributed by atoms with Crippen LogP contribution in [0.3, 0.4) is 0 Å². The Hall–Kier alpha value is -0.880. The Morgan fingerprint density at radius 1 is 1.21 bits per heavy atom. The number of nitrogens with zero attached hydrogens (tertiary/aromatic N) is 1. The van der Waals surface area contributed by atoms with Crippen LogP contribution in [0.1, 0.15) is 18.4 Å². The van der Waals surface area contributed by atoms with Gasteiger partial charge in [0, 0.05) is 30.6 Å². The van der Waals surface area contributed by atoms with Gasteiger partial charge in [-0.05, 0) is 42.3 Å². The molecule has 0 spiro atoms. The molecular formula is C13H17F3N2S. The van der Waals surface area contributed by atoms with Crippen molar-refractivity contribution in [3.8, 4) is 0 Å². The molecule has 19 heavy (non-hydrogen) atoms. The third-order valence-electron chi connectivity index (χ3n) is 3.07. The molecule has 0 unspecified atom stereocenters. The smallest absolute Gasteiger partial charge is 0.399 e. The van der Waals surface area contributed by atoms with Crippen molar-refractivity contribution in [1.82, 2.24) is 4.90 Å². The second kappa shape index (κ2) is 6.05. The maximum Gasteiger partial charge on any atom is 0.441 e. The number of thioether (sulfide) groups is 1. The zero-order chi connectivity index (χ0) is 13.9. The molecular weight excluding hydrogens is 273 g/mol. The average Bonchev–Trinajstić information content (AvgIpc) is 3.13. The molecule has 106 valence electrons. The van der Waals surface area contributed by atoms with Crippen molar-refractivity contribution < 1.29 is 13.2 Å². The fourth-order valence-corrected chi connectivity index (χ4v) is 2.52. The van der Waals surface area contributed by atoms with Gasteiger partial charge >= 0.3 is 5.51 Å². The van der Waals surface area contributed by atoms with E-state index < -0.39 is 5.51 Å². The predicted molar refractivity (Wildman–Crippen MR) is 72.8 cm³/mol. The van der Waals surface area contributed by atoms with Gasteiger partial charge in [-0.2, -0.15) is 13.2 Å². The SMILES string of the molecule is Nc1ccc(CN(CCSC(F)(F)F)C2CC2)cc1. The second-order valence-corrected chi connectivity index (χ2v) is 5.90. The van der Waals surface area contributed by atoms with Crippen molar-refractivity contribution in [2.75, 3.05) is 18.0 Å². The summed E-state index contributed by atoms with van der Waals surface area (Å²) in [5.41, 5.74) is 3.29. The summed E-state index contributed by atoms with van der Waals surface area (Å²) in [6.45, 7) is 1.17. The van der Waals surface area contributed by atoms with Crippen LogP contribution >= 0.6 is 11.8 Å². The van der Waals surface area contributed by atoms with Crippen LogP contribution in [0.2, 0.25) is 0 Å². The van der Waals surface area contributed by atoms with Crippen LogP contribution in [0, 0.1) is 0 Å². The topological polar surface area (TPSA) is 29.3 Å². The molecule has 0 aromatic heterocycles. The Morgan fingerprint density at radius 3 is 2.37 bits per heavy atom. The van der Waals surface area contributed by atoms with E-state index in [9.17, 15) is 13.2 Å². The molecule has 0 radical (unpaired) electrons. The highest BCUT2D eigenvalue weighted by Gasteiger charge is 2.31. The van der Waals surface area contributed by atoms with Gasteiger partial charge in [0.15, 0.2) is 0 Å². The summed E-state index contributed by atoms with van der Waals surface area (Å²) in [6.07, 6.45) is 2.18. The standard InChI is InChI=1S/C13H17F3N2S/c14-13(15,16)19-8-7-18(12-5-6-12)9-10-1-3-11(17)4-2-10/h1-4,12H,5-9,17H2. The van der Waals surface area contributed by atoms with E-state index in [1.54, 1.807) is 0 Å². The quantitative estimate of drug-likeness (QED) is 0.813. The molecule has 1 aliphatic rings. The Kier molecular flexibility index (Phi) is 4.62. The summed E-state index contributed by atoms with van der Waals surface area (Å²) in [5, 5.41) is 0. The Balaban J connectivity index is 1.84. The number of hydrogen-bond donors (Lipinski definition) is 1. The number of nitrogen functional groups attached to an aromatic ring is 1. The molecule has 0 aliphatic heterocycles. The van der Waals surface area contributed by atoms with Crippen LogP contribution < -0.4 is 5.73 Å². The van der Waals surface area contributed by atoms with Gasteiger partial charge < -0.3 is 5.73 Å². The zero-order valence-corrected chi connectivity index (χ0v) is 11.3. The maximum atomic E-state index is 12.1. The molecule has 0 heterocycles. The van der Waals surface area contributed by atoms with E-state index in [4.69, 9.17) is 5.73 Å². The van der Waals surface area contributed by atoms with E-state index in [0.717, 1.165) is 18.4 Å². The van der Waals surface area contributed by atoms with Crippen LogP contribution in [0.5, 0.6) is 0 Å². The average molecular weight is 290 g/mol. The van der Waals surface area contributed by atoms with Gasteiger partial charge in [0.2, 0.25) is 0 Å². The number of rotatable bonds is 6. The fraction of sp³-hybridized carbons (Fsp3) is 0.538. The van der Waals surface area contributed by atoms with Crippen LogP contribution in [0.15, 0.2) is 24.3 Å². The van der Waals surface area contributed by atoms with E-state index in [1.165, 1.54) is 0 Å². The number of halogens is 3. The number of hydrogen-bond acceptors (Lipinski definition) is 3. The van der Waals surface area contributed by atoms with Gasteiger partial charge in [0.25, 0.3) is 0 Å². The maximum absolute atomic E-state index is 12.1. The fourth-order valence-electron chi connectivity index (χ4n) is 1.97. The Labute approximate surface area is 115 Å². The van der Waals surface area contributed by atoms with Crippen molar-refractivity contribution in [2.24, 2.45) is 0 Å². The minimum absolute atomic E-state index is 0.0584. The molecule has 6 heteroatoms. The molecule has 0 amide bonds. The summed E-state index contributed by atoms with van der Waals surface area (Å²) in [4.78, 5) is 2.13. The number of nitrogens with two attached hydrogens (primary N) is 1. The lowest BCUT2D eigenvalue weighted by Gasteiger charge is -2.22. The van der Waals surface area contributed by atoms with Gasteiger partial charge in [-0.25, -0.2) is 0 Å². The first-order valence-corrected chi connectivity index (χ1v) is 7.22. The highest BCUT2D eigenvalue weighted by atomic mass is 32.2. The van der Waals surface area contributed by atoms with Gasteiger partial charge in [-0.15, -0.1) is 0 Å². The lowest BCUT2D eigenvalue weighted by Crippen LogP contribution is -2.28. The largest absolute Gasteiger partial charge is 0.441 e. The van der Waals surface area contributed by atoms with E-state index in [0.29, 0.717) is 24.8 Å². The molecule has 2 rings (SSSR count). The second-order valence-electron chi connectivity index (χ2n) is 4.74. The van der Waals surface area contributed by atoms with Gasteiger partial charge in [-0.1, -0.05) is 12.1 Å². The van der Waals surface area contributed by atoms with Crippen molar-refractivity contribution in [3.63, 3.8) is 0 Å². The summed E-state index contributed by atoms with van der Waals surface area (Å²) < 4.78 is 36.4. The predicted octanol–water partition coefficient (Wildman–Crippen LogP) is 3.49. The Morgan fingerprint density at radius 2 is 1.84 bits per heavy atom. The first-order valence-electron chi connectivity index (χ1n) is 6.23. The summed E-state index contributed by atoms with van der Waals surface area (Å²) in [7, 11) is 0. The van der Waals surface area contributed by atoms with Crippen LogP contribution in [-0.4, -0.2) is 28.7 Å². The number of alkyl halides is 3. The number of anilines is 1. The van der Waals surface area contributed by atoms with E-state index >= 15 is 0 Å². The van der Waals surface area contributed by atoms with Crippen molar-refractivity contribution >= 4 is 17.4 Å².